The average molecular weight is 277 g/mol. The molecule has 1 unspecified atom stereocenters. The van der Waals surface area contributed by atoms with Gasteiger partial charge in [-0.1, -0.05) is 12.1 Å². The number of likely N-dealkylation sites (N-methyl/N-ethyl adjacent to an activating group) is 2. The van der Waals surface area contributed by atoms with Gasteiger partial charge in [-0.25, -0.2) is 0 Å². The molecule has 2 N–H and O–H groups in total. The third-order valence-corrected chi connectivity index (χ3v) is 4.49. The molecule has 1 heterocycles. The van der Waals surface area contributed by atoms with Crippen LogP contribution in [0.3, 0.4) is 0 Å². The Hall–Kier alpha value is -1.10. The molecular weight excluding hydrogens is 250 g/mol. The molecule has 1 fully saturated rings. The van der Waals surface area contributed by atoms with Gasteiger partial charge in [-0.3, -0.25) is 4.90 Å². The van der Waals surface area contributed by atoms with E-state index in [1.54, 1.807) is 7.11 Å². The predicted molar refractivity (Wildman–Crippen MR) is 83.0 cm³/mol. The Kier molecular flexibility index (Phi) is 5.02. The molecule has 0 radical (unpaired) electrons. The van der Waals surface area contributed by atoms with E-state index in [1.807, 2.05) is 12.1 Å². The van der Waals surface area contributed by atoms with Crippen LogP contribution in [0.4, 0.5) is 0 Å². The second kappa shape index (κ2) is 6.57. The molecule has 2 rings (SSSR count). The lowest BCUT2D eigenvalue weighted by molar-refractivity contribution is 0.0396. The molecule has 1 aliphatic rings. The Labute approximate surface area is 122 Å². The fourth-order valence-corrected chi connectivity index (χ4v) is 3.18. The SMILES string of the molecule is COc1cccc(CN(C)C2(CN)CCCN(C)C2)c1. The summed E-state index contributed by atoms with van der Waals surface area (Å²) in [6, 6.07) is 8.28. The summed E-state index contributed by atoms with van der Waals surface area (Å²) in [6.07, 6.45) is 2.39. The molecule has 1 aromatic carbocycles. The van der Waals surface area contributed by atoms with Crippen LogP contribution in [0.15, 0.2) is 24.3 Å². The van der Waals surface area contributed by atoms with Gasteiger partial charge in [0.1, 0.15) is 5.75 Å². The number of methoxy groups -OCH3 is 1. The van der Waals surface area contributed by atoms with E-state index < -0.39 is 0 Å². The lowest BCUT2D eigenvalue weighted by Crippen LogP contribution is -2.60. The number of hydrogen-bond acceptors (Lipinski definition) is 4. The van der Waals surface area contributed by atoms with Crippen LogP contribution in [0, 0.1) is 0 Å². The maximum Gasteiger partial charge on any atom is 0.119 e. The van der Waals surface area contributed by atoms with Crippen molar-refractivity contribution in [2.24, 2.45) is 5.73 Å². The van der Waals surface area contributed by atoms with Crippen LogP contribution in [0.5, 0.6) is 5.75 Å². The minimum Gasteiger partial charge on any atom is -0.497 e. The van der Waals surface area contributed by atoms with Gasteiger partial charge in [-0.2, -0.15) is 0 Å². The Morgan fingerprint density at radius 1 is 1.45 bits per heavy atom. The minimum absolute atomic E-state index is 0.0933. The number of likely N-dealkylation sites (tertiary alicyclic amines) is 1. The molecule has 20 heavy (non-hydrogen) atoms. The highest BCUT2D eigenvalue weighted by atomic mass is 16.5. The molecule has 0 aromatic heterocycles. The van der Waals surface area contributed by atoms with Crippen LogP contribution in [0.2, 0.25) is 0 Å². The van der Waals surface area contributed by atoms with E-state index in [1.165, 1.54) is 24.9 Å². The zero-order valence-electron chi connectivity index (χ0n) is 12.9. The molecule has 0 bridgehead atoms. The fraction of sp³-hybridized carbons (Fsp3) is 0.625. The van der Waals surface area contributed by atoms with Crippen molar-refractivity contribution >= 4 is 0 Å². The van der Waals surface area contributed by atoms with Crippen molar-refractivity contribution in [1.82, 2.24) is 9.80 Å². The first-order chi connectivity index (χ1) is 9.59. The van der Waals surface area contributed by atoms with Crippen molar-refractivity contribution in [3.05, 3.63) is 29.8 Å². The Morgan fingerprint density at radius 2 is 2.25 bits per heavy atom. The van der Waals surface area contributed by atoms with Crippen LogP contribution >= 0.6 is 0 Å². The van der Waals surface area contributed by atoms with Crippen LogP contribution in [0.25, 0.3) is 0 Å². The summed E-state index contributed by atoms with van der Waals surface area (Å²) in [6.45, 7) is 3.83. The smallest absolute Gasteiger partial charge is 0.119 e. The van der Waals surface area contributed by atoms with Crippen LogP contribution in [-0.2, 0) is 6.54 Å². The highest BCUT2D eigenvalue weighted by Crippen LogP contribution is 2.27. The molecule has 1 atom stereocenters. The van der Waals surface area contributed by atoms with Gasteiger partial charge in [0.2, 0.25) is 0 Å². The molecule has 112 valence electrons. The monoisotopic (exact) mass is 277 g/mol. The molecule has 0 aliphatic carbocycles. The normalized spacial score (nSPS) is 24.1. The summed E-state index contributed by atoms with van der Waals surface area (Å²) in [4.78, 5) is 4.80. The van der Waals surface area contributed by atoms with E-state index in [2.05, 4.69) is 36.0 Å². The van der Waals surface area contributed by atoms with Gasteiger partial charge in [0.15, 0.2) is 0 Å². The Balaban J connectivity index is 2.10. The third kappa shape index (κ3) is 3.32. The van der Waals surface area contributed by atoms with Crippen LogP contribution in [-0.4, -0.2) is 56.2 Å². The highest BCUT2D eigenvalue weighted by Gasteiger charge is 2.36. The summed E-state index contributed by atoms with van der Waals surface area (Å²) in [7, 11) is 6.08. The molecule has 4 heteroatoms. The van der Waals surface area contributed by atoms with Crippen molar-refractivity contribution < 1.29 is 4.74 Å². The number of piperidine rings is 1. The molecule has 0 amide bonds. The molecule has 4 nitrogen and oxygen atoms in total. The van der Waals surface area contributed by atoms with Gasteiger partial charge in [-0.05, 0) is 51.2 Å². The summed E-state index contributed by atoms with van der Waals surface area (Å²) in [5.41, 5.74) is 7.48. The van der Waals surface area contributed by atoms with E-state index in [0.717, 1.165) is 18.8 Å². The van der Waals surface area contributed by atoms with Crippen molar-refractivity contribution in [3.8, 4) is 5.75 Å². The van der Waals surface area contributed by atoms with E-state index >= 15 is 0 Å². The van der Waals surface area contributed by atoms with Gasteiger partial charge in [0.25, 0.3) is 0 Å². The Bertz CT molecular complexity index is 437. The van der Waals surface area contributed by atoms with E-state index in [9.17, 15) is 0 Å². The first kappa shape index (κ1) is 15.3. The van der Waals surface area contributed by atoms with Gasteiger partial charge in [0, 0.05) is 25.2 Å². The molecule has 0 spiro atoms. The van der Waals surface area contributed by atoms with Gasteiger partial charge < -0.3 is 15.4 Å². The Morgan fingerprint density at radius 3 is 2.90 bits per heavy atom. The molecule has 1 aliphatic heterocycles. The number of nitrogens with two attached hydrogens (primary N) is 1. The quantitative estimate of drug-likeness (QED) is 0.886. The van der Waals surface area contributed by atoms with Crippen LogP contribution in [0.1, 0.15) is 18.4 Å². The van der Waals surface area contributed by atoms with Crippen molar-refractivity contribution in [2.45, 2.75) is 24.9 Å². The van der Waals surface area contributed by atoms with Crippen molar-refractivity contribution in [3.63, 3.8) is 0 Å². The average Bonchev–Trinajstić information content (AvgIpc) is 2.47. The number of rotatable bonds is 5. The number of benzene rings is 1. The second-order valence-corrected chi connectivity index (χ2v) is 5.98. The minimum atomic E-state index is 0.0933. The highest BCUT2D eigenvalue weighted by molar-refractivity contribution is 5.28. The number of ether oxygens (including phenoxy) is 1. The molecular formula is C16H27N3O. The van der Waals surface area contributed by atoms with Gasteiger partial charge in [0.05, 0.1) is 7.11 Å². The maximum atomic E-state index is 6.12. The van der Waals surface area contributed by atoms with E-state index in [-0.39, 0.29) is 5.54 Å². The first-order valence-electron chi connectivity index (χ1n) is 7.32. The fourth-order valence-electron chi connectivity index (χ4n) is 3.18. The second-order valence-electron chi connectivity index (χ2n) is 5.98. The van der Waals surface area contributed by atoms with E-state index in [4.69, 9.17) is 10.5 Å². The largest absolute Gasteiger partial charge is 0.497 e. The lowest BCUT2D eigenvalue weighted by atomic mass is 9.87. The summed E-state index contributed by atoms with van der Waals surface area (Å²) in [5.74, 6) is 0.915. The number of nitrogens with zero attached hydrogens (tertiary/aromatic N) is 2. The maximum absolute atomic E-state index is 6.12. The third-order valence-electron chi connectivity index (χ3n) is 4.49. The first-order valence-corrected chi connectivity index (χ1v) is 7.32. The van der Waals surface area contributed by atoms with Gasteiger partial charge in [-0.15, -0.1) is 0 Å². The zero-order chi connectivity index (χ0) is 14.6. The molecule has 1 aromatic rings. The zero-order valence-corrected chi connectivity index (χ0v) is 12.9. The predicted octanol–water partition coefficient (Wildman–Crippen LogP) is 1.55. The molecule has 0 saturated carbocycles. The standard InChI is InChI=1S/C16H27N3O/c1-18-9-5-8-16(12-17,13-18)19(2)11-14-6-4-7-15(10-14)20-3/h4,6-7,10H,5,8-9,11-13,17H2,1-3H3. The number of hydrogen-bond donors (Lipinski definition) is 1. The molecule has 1 saturated heterocycles. The van der Waals surface area contributed by atoms with Crippen LogP contribution < -0.4 is 10.5 Å². The topological polar surface area (TPSA) is 41.7 Å². The van der Waals surface area contributed by atoms with Crippen molar-refractivity contribution in [1.29, 1.82) is 0 Å². The van der Waals surface area contributed by atoms with Crippen molar-refractivity contribution in [2.75, 3.05) is 40.8 Å². The summed E-state index contributed by atoms with van der Waals surface area (Å²) >= 11 is 0. The summed E-state index contributed by atoms with van der Waals surface area (Å²) < 4.78 is 5.30. The lowest BCUT2D eigenvalue weighted by Gasteiger charge is -2.47. The van der Waals surface area contributed by atoms with Gasteiger partial charge >= 0.3 is 0 Å². The summed E-state index contributed by atoms with van der Waals surface area (Å²) in [5, 5.41) is 0. The van der Waals surface area contributed by atoms with E-state index in [0.29, 0.717) is 6.54 Å².